The van der Waals surface area contributed by atoms with Gasteiger partial charge in [-0.25, -0.2) is 5.48 Å². The van der Waals surface area contributed by atoms with Crippen LogP contribution in [0.2, 0.25) is 0 Å². The maximum atomic E-state index is 10.9. The molecule has 6 heteroatoms. The van der Waals surface area contributed by atoms with Crippen molar-refractivity contribution in [3.63, 3.8) is 0 Å². The minimum Gasteiger partial charge on any atom is -0.296 e. The number of halogens is 1. The number of hydrogen-bond donors (Lipinski definition) is 2. The SMILES string of the molecule is CONC(=O)[C@H]1CSCN1.Cl. The maximum absolute atomic E-state index is 10.9. The number of nitrogens with one attached hydrogen (secondary N) is 2. The standard InChI is InChI=1S/C5H10N2O2S.ClH/c1-9-7-5(8)4-2-10-3-6-4;/h4,6H,2-3H2,1H3,(H,7,8);1H/t4-;/m1./s1. The lowest BCUT2D eigenvalue weighted by molar-refractivity contribution is -0.132. The molecule has 66 valence electrons. The first-order valence-corrected chi connectivity index (χ1v) is 4.14. The van der Waals surface area contributed by atoms with E-state index in [9.17, 15) is 4.79 Å². The Kier molecular flexibility index (Phi) is 5.67. The first-order chi connectivity index (χ1) is 4.84. The van der Waals surface area contributed by atoms with Crippen LogP contribution >= 0.6 is 24.2 Å². The molecule has 0 radical (unpaired) electrons. The molecule has 0 aromatic carbocycles. The van der Waals surface area contributed by atoms with Crippen molar-refractivity contribution >= 4 is 30.1 Å². The fourth-order valence-corrected chi connectivity index (χ4v) is 1.68. The molecular weight excluding hydrogens is 188 g/mol. The average Bonchev–Trinajstić information content (AvgIpc) is 2.38. The largest absolute Gasteiger partial charge is 0.296 e. The monoisotopic (exact) mass is 198 g/mol. The molecule has 0 unspecified atom stereocenters. The lowest BCUT2D eigenvalue weighted by atomic mass is 10.3. The zero-order valence-corrected chi connectivity index (χ0v) is 7.76. The predicted molar refractivity (Wildman–Crippen MR) is 46.6 cm³/mol. The summed E-state index contributed by atoms with van der Waals surface area (Å²) in [6.07, 6.45) is 0. The summed E-state index contributed by atoms with van der Waals surface area (Å²) in [5.41, 5.74) is 2.27. The Morgan fingerprint density at radius 1 is 1.82 bits per heavy atom. The number of carbonyl (C=O) groups is 1. The van der Waals surface area contributed by atoms with Gasteiger partial charge in [0, 0.05) is 11.6 Å². The van der Waals surface area contributed by atoms with Crippen molar-refractivity contribution in [3.05, 3.63) is 0 Å². The van der Waals surface area contributed by atoms with Crippen LogP contribution in [0.15, 0.2) is 0 Å². The van der Waals surface area contributed by atoms with Crippen LogP contribution < -0.4 is 10.8 Å². The molecule has 0 bridgehead atoms. The van der Waals surface area contributed by atoms with Gasteiger partial charge in [0.1, 0.15) is 0 Å². The van der Waals surface area contributed by atoms with E-state index >= 15 is 0 Å². The van der Waals surface area contributed by atoms with Gasteiger partial charge in [0.15, 0.2) is 0 Å². The first kappa shape index (κ1) is 11.0. The Morgan fingerprint density at radius 3 is 3.00 bits per heavy atom. The Labute approximate surface area is 75.8 Å². The molecule has 11 heavy (non-hydrogen) atoms. The van der Waals surface area contributed by atoms with Gasteiger partial charge in [-0.05, 0) is 0 Å². The van der Waals surface area contributed by atoms with Gasteiger partial charge in [0.25, 0.3) is 5.91 Å². The van der Waals surface area contributed by atoms with E-state index in [0.717, 1.165) is 11.6 Å². The van der Waals surface area contributed by atoms with E-state index in [-0.39, 0.29) is 24.4 Å². The lowest BCUT2D eigenvalue weighted by Gasteiger charge is -2.06. The van der Waals surface area contributed by atoms with Crippen molar-refractivity contribution in [2.24, 2.45) is 0 Å². The molecule has 1 aliphatic heterocycles. The van der Waals surface area contributed by atoms with Crippen LogP contribution in [0, 0.1) is 0 Å². The predicted octanol–water partition coefficient (Wildman–Crippen LogP) is -0.252. The second-order valence-corrected chi connectivity index (χ2v) is 2.97. The summed E-state index contributed by atoms with van der Waals surface area (Å²) in [5.74, 6) is 1.59. The second kappa shape index (κ2) is 5.65. The number of amides is 1. The van der Waals surface area contributed by atoms with Gasteiger partial charge in [-0.1, -0.05) is 0 Å². The summed E-state index contributed by atoms with van der Waals surface area (Å²) in [5, 5.41) is 3.01. The van der Waals surface area contributed by atoms with Gasteiger partial charge in [0.05, 0.1) is 13.2 Å². The van der Waals surface area contributed by atoms with Crippen molar-refractivity contribution in [1.29, 1.82) is 0 Å². The minimum atomic E-state index is -0.0903. The molecule has 1 fully saturated rings. The van der Waals surface area contributed by atoms with Gasteiger partial charge in [-0.15, -0.1) is 24.2 Å². The number of rotatable bonds is 2. The van der Waals surface area contributed by atoms with E-state index in [0.29, 0.717) is 0 Å². The highest BCUT2D eigenvalue weighted by Gasteiger charge is 2.21. The van der Waals surface area contributed by atoms with E-state index in [1.807, 2.05) is 0 Å². The highest BCUT2D eigenvalue weighted by atomic mass is 35.5. The number of hydroxylamine groups is 1. The molecule has 0 spiro atoms. The smallest absolute Gasteiger partial charge is 0.261 e. The van der Waals surface area contributed by atoms with Crippen molar-refractivity contribution in [1.82, 2.24) is 10.8 Å². The molecule has 1 atom stereocenters. The summed E-state index contributed by atoms with van der Waals surface area (Å²) in [4.78, 5) is 15.4. The van der Waals surface area contributed by atoms with E-state index < -0.39 is 0 Å². The Hall–Kier alpha value is 0.0300. The molecule has 0 aromatic rings. The molecule has 1 amide bonds. The van der Waals surface area contributed by atoms with Crippen molar-refractivity contribution in [2.75, 3.05) is 18.7 Å². The fourth-order valence-electron chi connectivity index (χ4n) is 0.735. The molecule has 1 saturated heterocycles. The van der Waals surface area contributed by atoms with E-state index in [1.54, 1.807) is 11.8 Å². The van der Waals surface area contributed by atoms with E-state index in [1.165, 1.54) is 7.11 Å². The van der Waals surface area contributed by atoms with Crippen LogP contribution in [-0.2, 0) is 9.63 Å². The highest BCUT2D eigenvalue weighted by Crippen LogP contribution is 2.08. The molecule has 4 nitrogen and oxygen atoms in total. The normalized spacial score (nSPS) is 22.5. The van der Waals surface area contributed by atoms with Crippen molar-refractivity contribution in [3.8, 4) is 0 Å². The second-order valence-electron chi connectivity index (χ2n) is 1.94. The van der Waals surface area contributed by atoms with Gasteiger partial charge in [-0.3, -0.25) is 14.9 Å². The first-order valence-electron chi connectivity index (χ1n) is 2.98. The Morgan fingerprint density at radius 2 is 2.55 bits per heavy atom. The maximum Gasteiger partial charge on any atom is 0.261 e. The van der Waals surface area contributed by atoms with Crippen LogP contribution in [0.5, 0.6) is 0 Å². The highest BCUT2D eigenvalue weighted by molar-refractivity contribution is 7.99. The lowest BCUT2D eigenvalue weighted by Crippen LogP contribution is -2.41. The van der Waals surface area contributed by atoms with E-state index in [4.69, 9.17) is 0 Å². The molecule has 2 N–H and O–H groups in total. The third kappa shape index (κ3) is 3.29. The summed E-state index contributed by atoms with van der Waals surface area (Å²) in [7, 11) is 1.43. The summed E-state index contributed by atoms with van der Waals surface area (Å²) >= 11 is 1.71. The van der Waals surface area contributed by atoms with Gasteiger partial charge < -0.3 is 0 Å². The topological polar surface area (TPSA) is 50.4 Å². The summed E-state index contributed by atoms with van der Waals surface area (Å²) in [6.45, 7) is 0. The molecule has 0 saturated carbocycles. The Balaban J connectivity index is 0.000001000. The number of carbonyl (C=O) groups excluding carboxylic acids is 1. The average molecular weight is 199 g/mol. The molecule has 0 aromatic heterocycles. The van der Waals surface area contributed by atoms with Crippen molar-refractivity contribution < 1.29 is 9.63 Å². The van der Waals surface area contributed by atoms with Crippen LogP contribution in [0.1, 0.15) is 0 Å². The number of hydrogen-bond acceptors (Lipinski definition) is 4. The quantitative estimate of drug-likeness (QED) is 0.601. The van der Waals surface area contributed by atoms with Gasteiger partial charge in [-0.2, -0.15) is 0 Å². The van der Waals surface area contributed by atoms with Gasteiger partial charge >= 0.3 is 0 Å². The Bertz CT molecular complexity index is 130. The third-order valence-corrected chi connectivity index (χ3v) is 2.18. The molecule has 1 aliphatic rings. The zero-order chi connectivity index (χ0) is 7.40. The zero-order valence-electron chi connectivity index (χ0n) is 6.12. The van der Waals surface area contributed by atoms with Crippen LogP contribution in [-0.4, -0.2) is 30.7 Å². The summed E-state index contributed by atoms with van der Waals surface area (Å²) < 4.78 is 0. The molecule has 1 rings (SSSR count). The van der Waals surface area contributed by atoms with Crippen LogP contribution in [0.25, 0.3) is 0 Å². The fraction of sp³-hybridized carbons (Fsp3) is 0.800. The third-order valence-electron chi connectivity index (χ3n) is 1.24. The van der Waals surface area contributed by atoms with E-state index in [2.05, 4.69) is 15.6 Å². The molecule has 1 heterocycles. The molecule has 0 aliphatic carbocycles. The summed E-state index contributed by atoms with van der Waals surface area (Å²) in [6, 6.07) is -0.0788. The molecular formula is C5H11ClN2O2S. The van der Waals surface area contributed by atoms with Crippen molar-refractivity contribution in [2.45, 2.75) is 6.04 Å². The minimum absolute atomic E-state index is 0. The van der Waals surface area contributed by atoms with Crippen LogP contribution in [0.4, 0.5) is 0 Å². The number of thioether (sulfide) groups is 1. The van der Waals surface area contributed by atoms with Gasteiger partial charge in [0.2, 0.25) is 0 Å². The van der Waals surface area contributed by atoms with Crippen LogP contribution in [0.3, 0.4) is 0 Å².